The predicted molar refractivity (Wildman–Crippen MR) is 84.6 cm³/mol. The van der Waals surface area contributed by atoms with Crippen molar-refractivity contribution >= 4 is 0 Å². The molecule has 1 aromatic carbocycles. The number of nitrogens with zero attached hydrogens (tertiary/aromatic N) is 1. The fraction of sp³-hybridized carbons (Fsp3) is 0.471. The number of H-pyrrole nitrogens is 1. The second kappa shape index (κ2) is 5.80. The van der Waals surface area contributed by atoms with E-state index >= 15 is 0 Å². The molecule has 1 unspecified atom stereocenters. The van der Waals surface area contributed by atoms with Crippen molar-refractivity contribution in [2.24, 2.45) is 5.73 Å². The number of benzene rings is 1. The number of rotatable bonds is 5. The Morgan fingerprint density at radius 2 is 1.90 bits per heavy atom. The van der Waals surface area contributed by atoms with Gasteiger partial charge < -0.3 is 10.7 Å². The summed E-state index contributed by atoms with van der Waals surface area (Å²) in [7, 11) is 0. The maximum absolute atomic E-state index is 6.31. The van der Waals surface area contributed by atoms with Gasteiger partial charge in [0.05, 0.1) is 17.4 Å². The topological polar surface area (TPSA) is 54.7 Å². The number of hydrogen-bond acceptors (Lipinski definition) is 2. The molecule has 2 rings (SSSR count). The van der Waals surface area contributed by atoms with Crippen molar-refractivity contribution < 1.29 is 0 Å². The van der Waals surface area contributed by atoms with Gasteiger partial charge >= 0.3 is 0 Å². The summed E-state index contributed by atoms with van der Waals surface area (Å²) in [5, 5.41) is 0. The standard InChI is InChI=1S/C17H25N3/c1-5-10-17(4,18)16-19-11-15(20-16)14-8-6-13(7-9-14)12(2)3/h6-9,11-12H,5,10,18H2,1-4H3,(H,19,20). The molecule has 0 radical (unpaired) electrons. The van der Waals surface area contributed by atoms with E-state index in [0.717, 1.165) is 29.9 Å². The van der Waals surface area contributed by atoms with Crippen LogP contribution in [0.3, 0.4) is 0 Å². The third kappa shape index (κ3) is 3.10. The van der Waals surface area contributed by atoms with Crippen molar-refractivity contribution in [3.8, 4) is 11.3 Å². The molecule has 0 saturated carbocycles. The molecular formula is C17H25N3. The first-order valence-electron chi connectivity index (χ1n) is 7.38. The molecule has 1 heterocycles. The quantitative estimate of drug-likeness (QED) is 0.857. The summed E-state index contributed by atoms with van der Waals surface area (Å²) in [5.41, 5.74) is 9.46. The summed E-state index contributed by atoms with van der Waals surface area (Å²) in [6.07, 6.45) is 3.85. The molecule has 3 N–H and O–H groups in total. The first kappa shape index (κ1) is 14.8. The Bertz CT molecular complexity index is 550. The Kier molecular flexibility index (Phi) is 4.29. The van der Waals surface area contributed by atoms with Crippen molar-refractivity contribution in [1.82, 2.24) is 9.97 Å². The van der Waals surface area contributed by atoms with Crippen LogP contribution >= 0.6 is 0 Å². The zero-order valence-electron chi connectivity index (χ0n) is 12.9. The van der Waals surface area contributed by atoms with Crippen LogP contribution in [0.25, 0.3) is 11.3 Å². The minimum atomic E-state index is -0.384. The molecule has 0 aliphatic heterocycles. The average Bonchev–Trinajstić information content (AvgIpc) is 2.89. The molecule has 0 aliphatic carbocycles. The minimum Gasteiger partial charge on any atom is -0.340 e. The van der Waals surface area contributed by atoms with Gasteiger partial charge in [-0.05, 0) is 30.4 Å². The van der Waals surface area contributed by atoms with Gasteiger partial charge in [-0.3, -0.25) is 0 Å². The van der Waals surface area contributed by atoms with E-state index in [1.807, 2.05) is 13.1 Å². The second-order valence-corrected chi connectivity index (χ2v) is 6.09. The number of aromatic nitrogens is 2. The van der Waals surface area contributed by atoms with E-state index in [2.05, 4.69) is 55.0 Å². The fourth-order valence-electron chi connectivity index (χ4n) is 2.44. The normalized spacial score (nSPS) is 14.5. The van der Waals surface area contributed by atoms with Crippen LogP contribution < -0.4 is 5.73 Å². The van der Waals surface area contributed by atoms with Crippen LogP contribution in [-0.2, 0) is 5.54 Å². The van der Waals surface area contributed by atoms with E-state index in [-0.39, 0.29) is 5.54 Å². The molecule has 0 spiro atoms. The van der Waals surface area contributed by atoms with Gasteiger partial charge in [0.25, 0.3) is 0 Å². The molecule has 1 atom stereocenters. The Balaban J connectivity index is 2.24. The summed E-state index contributed by atoms with van der Waals surface area (Å²) < 4.78 is 0. The Morgan fingerprint density at radius 1 is 1.25 bits per heavy atom. The van der Waals surface area contributed by atoms with Gasteiger partial charge in [-0.25, -0.2) is 4.98 Å². The van der Waals surface area contributed by atoms with Crippen LogP contribution in [0.4, 0.5) is 0 Å². The SMILES string of the molecule is CCCC(C)(N)c1ncc(-c2ccc(C(C)C)cc2)[nH]1. The van der Waals surface area contributed by atoms with Gasteiger partial charge in [0.2, 0.25) is 0 Å². The van der Waals surface area contributed by atoms with E-state index in [9.17, 15) is 0 Å². The number of imidazole rings is 1. The maximum atomic E-state index is 6.31. The van der Waals surface area contributed by atoms with Crippen LogP contribution in [-0.4, -0.2) is 9.97 Å². The zero-order valence-corrected chi connectivity index (χ0v) is 12.9. The first-order chi connectivity index (χ1) is 9.44. The summed E-state index contributed by atoms with van der Waals surface area (Å²) in [6, 6.07) is 8.63. The summed E-state index contributed by atoms with van der Waals surface area (Å²) in [4.78, 5) is 7.83. The Hall–Kier alpha value is -1.61. The molecule has 0 amide bonds. The smallest absolute Gasteiger partial charge is 0.126 e. The van der Waals surface area contributed by atoms with E-state index in [1.54, 1.807) is 0 Å². The molecule has 108 valence electrons. The maximum Gasteiger partial charge on any atom is 0.126 e. The summed E-state index contributed by atoms with van der Waals surface area (Å²) >= 11 is 0. The van der Waals surface area contributed by atoms with Crippen molar-refractivity contribution in [2.75, 3.05) is 0 Å². The lowest BCUT2D eigenvalue weighted by atomic mass is 9.97. The Labute approximate surface area is 121 Å². The van der Waals surface area contributed by atoms with Crippen molar-refractivity contribution in [3.05, 3.63) is 41.9 Å². The molecule has 3 heteroatoms. The zero-order chi connectivity index (χ0) is 14.8. The highest BCUT2D eigenvalue weighted by Gasteiger charge is 2.23. The van der Waals surface area contributed by atoms with Gasteiger partial charge in [0.15, 0.2) is 0 Å². The number of nitrogens with two attached hydrogens (primary N) is 1. The number of hydrogen-bond donors (Lipinski definition) is 2. The number of nitrogens with one attached hydrogen (secondary N) is 1. The average molecular weight is 271 g/mol. The molecule has 20 heavy (non-hydrogen) atoms. The molecule has 0 bridgehead atoms. The monoisotopic (exact) mass is 271 g/mol. The van der Waals surface area contributed by atoms with Gasteiger partial charge in [0.1, 0.15) is 5.82 Å². The first-order valence-corrected chi connectivity index (χ1v) is 7.38. The molecule has 1 aromatic heterocycles. The van der Waals surface area contributed by atoms with E-state index in [1.165, 1.54) is 5.56 Å². The summed E-state index contributed by atoms with van der Waals surface area (Å²) in [6.45, 7) is 8.57. The molecule has 0 aliphatic rings. The minimum absolute atomic E-state index is 0.384. The predicted octanol–water partition coefficient (Wildman–Crippen LogP) is 4.17. The van der Waals surface area contributed by atoms with Crippen LogP contribution in [0.15, 0.2) is 30.5 Å². The fourth-order valence-corrected chi connectivity index (χ4v) is 2.44. The van der Waals surface area contributed by atoms with Crippen molar-refractivity contribution in [1.29, 1.82) is 0 Å². The third-order valence-corrected chi connectivity index (χ3v) is 3.77. The van der Waals surface area contributed by atoms with E-state index in [0.29, 0.717) is 5.92 Å². The van der Waals surface area contributed by atoms with Crippen LogP contribution in [0.2, 0.25) is 0 Å². The third-order valence-electron chi connectivity index (χ3n) is 3.77. The second-order valence-electron chi connectivity index (χ2n) is 6.09. The molecular weight excluding hydrogens is 246 g/mol. The van der Waals surface area contributed by atoms with E-state index in [4.69, 9.17) is 5.73 Å². The molecule has 3 nitrogen and oxygen atoms in total. The van der Waals surface area contributed by atoms with Gasteiger partial charge in [-0.1, -0.05) is 51.5 Å². The lowest BCUT2D eigenvalue weighted by molar-refractivity contribution is 0.423. The van der Waals surface area contributed by atoms with E-state index < -0.39 is 0 Å². The van der Waals surface area contributed by atoms with Gasteiger partial charge in [-0.15, -0.1) is 0 Å². The van der Waals surface area contributed by atoms with Crippen molar-refractivity contribution in [2.45, 2.75) is 52.0 Å². The Morgan fingerprint density at radius 3 is 2.45 bits per heavy atom. The van der Waals surface area contributed by atoms with Gasteiger partial charge in [-0.2, -0.15) is 0 Å². The highest BCUT2D eigenvalue weighted by molar-refractivity contribution is 5.59. The number of aromatic amines is 1. The van der Waals surface area contributed by atoms with Crippen molar-refractivity contribution in [3.63, 3.8) is 0 Å². The molecule has 2 aromatic rings. The highest BCUT2D eigenvalue weighted by atomic mass is 15.0. The summed E-state index contributed by atoms with van der Waals surface area (Å²) in [5.74, 6) is 1.42. The molecule has 0 saturated heterocycles. The lowest BCUT2D eigenvalue weighted by Gasteiger charge is -2.21. The van der Waals surface area contributed by atoms with Crippen LogP contribution in [0, 0.1) is 0 Å². The van der Waals surface area contributed by atoms with Gasteiger partial charge in [0, 0.05) is 0 Å². The van der Waals surface area contributed by atoms with Crippen LogP contribution in [0.5, 0.6) is 0 Å². The largest absolute Gasteiger partial charge is 0.340 e. The lowest BCUT2D eigenvalue weighted by Crippen LogP contribution is -2.34. The van der Waals surface area contributed by atoms with Crippen LogP contribution in [0.1, 0.15) is 57.8 Å². The molecule has 0 fully saturated rings. The highest BCUT2D eigenvalue weighted by Crippen LogP contribution is 2.25.